The molecular weight excluding hydrogens is 305 g/mol. The number of hydrogen-bond donors (Lipinski definition) is 2. The van der Waals surface area contributed by atoms with Gasteiger partial charge in [0.25, 0.3) is 0 Å². The quantitative estimate of drug-likeness (QED) is 0.217. The van der Waals surface area contributed by atoms with E-state index < -0.39 is 12.2 Å². The predicted molar refractivity (Wildman–Crippen MR) is 88.7 cm³/mol. The smallest absolute Gasteiger partial charge is 0.635 e. The molecule has 6 nitrogen and oxygen atoms in total. The van der Waals surface area contributed by atoms with Crippen LogP contribution in [0.1, 0.15) is 78.6 Å². The van der Waals surface area contributed by atoms with Crippen molar-refractivity contribution in [3.8, 4) is 0 Å². The van der Waals surface area contributed by atoms with Crippen molar-refractivity contribution in [2.24, 2.45) is 11.1 Å². The normalized spacial score (nSPS) is 14.4. The maximum Gasteiger partial charge on any atom is 1.00 e. The Kier molecular flexibility index (Phi) is 18.5. The van der Waals surface area contributed by atoms with E-state index in [1.807, 2.05) is 19.3 Å². The second-order valence-corrected chi connectivity index (χ2v) is 5.95. The molecule has 3 atom stereocenters. The van der Waals surface area contributed by atoms with E-state index in [0.29, 0.717) is 6.42 Å². The first-order chi connectivity index (χ1) is 10.6. The van der Waals surface area contributed by atoms with Crippen molar-refractivity contribution in [2.75, 3.05) is 0 Å². The van der Waals surface area contributed by atoms with Crippen molar-refractivity contribution >= 4 is 5.91 Å². The van der Waals surface area contributed by atoms with E-state index in [1.54, 1.807) is 0 Å². The third-order valence-electron chi connectivity index (χ3n) is 4.08. The first kappa shape index (κ1) is 25.2. The monoisotopic (exact) mass is 337 g/mol. The van der Waals surface area contributed by atoms with Gasteiger partial charge >= 0.3 is 29.6 Å². The summed E-state index contributed by atoms with van der Waals surface area (Å²) in [5.74, 6) is -0.325. The van der Waals surface area contributed by atoms with Crippen LogP contribution in [0.4, 0.5) is 0 Å². The molecule has 0 aliphatic carbocycles. The van der Waals surface area contributed by atoms with Gasteiger partial charge in [-0.1, -0.05) is 70.9 Å². The minimum atomic E-state index is -0.940. The van der Waals surface area contributed by atoms with Crippen LogP contribution < -0.4 is 35.0 Å². The number of carbonyl (C=O) groups excluding carboxylic acids is 1. The van der Waals surface area contributed by atoms with Gasteiger partial charge in [-0.2, -0.15) is 4.91 Å². The van der Waals surface area contributed by atoms with Crippen LogP contribution in [0.5, 0.6) is 0 Å². The van der Waals surface area contributed by atoms with E-state index >= 15 is 0 Å². The van der Waals surface area contributed by atoms with Crippen molar-refractivity contribution in [2.45, 2.75) is 90.8 Å². The number of hydrogen-bond acceptors (Lipinski definition) is 5. The third-order valence-corrected chi connectivity index (χ3v) is 4.08. The molecule has 2 N–H and O–H groups in total. The molecule has 0 rings (SSSR count). The molecule has 0 aliphatic heterocycles. The Morgan fingerprint density at radius 3 is 2.17 bits per heavy atom. The maximum atomic E-state index is 11.8. The van der Waals surface area contributed by atoms with E-state index in [1.165, 1.54) is 25.7 Å². The Labute approximate surface area is 162 Å². The summed E-state index contributed by atoms with van der Waals surface area (Å²) >= 11 is 0. The van der Waals surface area contributed by atoms with Crippen LogP contribution in [0.3, 0.4) is 0 Å². The van der Waals surface area contributed by atoms with Gasteiger partial charge in [-0.15, -0.1) is 0 Å². The molecule has 0 aromatic rings. The van der Waals surface area contributed by atoms with Crippen LogP contribution in [0.2, 0.25) is 0 Å². The molecule has 3 unspecified atom stereocenters. The molecule has 23 heavy (non-hydrogen) atoms. The SMILES string of the molecule is CCCCCCCCCC(=O)[N-]C(NO)C(N=O)C(C)CC.[Na+]. The van der Waals surface area contributed by atoms with Gasteiger partial charge in [-0.25, -0.2) is 5.48 Å². The Bertz CT molecular complexity index is 306. The summed E-state index contributed by atoms with van der Waals surface area (Å²) in [5, 5.41) is 16.0. The third kappa shape index (κ3) is 12.1. The van der Waals surface area contributed by atoms with Crippen LogP contribution in [0, 0.1) is 10.8 Å². The first-order valence-electron chi connectivity index (χ1n) is 8.56. The number of unbranched alkanes of at least 4 members (excludes halogenated alkanes) is 6. The Morgan fingerprint density at radius 1 is 1.13 bits per heavy atom. The average molecular weight is 337 g/mol. The summed E-state index contributed by atoms with van der Waals surface area (Å²) in [4.78, 5) is 22.7. The number of nitrogens with one attached hydrogen (secondary N) is 1. The van der Waals surface area contributed by atoms with Gasteiger partial charge in [0.05, 0.1) is 11.9 Å². The van der Waals surface area contributed by atoms with Crippen molar-refractivity contribution in [1.82, 2.24) is 5.48 Å². The molecule has 0 aromatic carbocycles. The molecule has 1 amide bonds. The summed E-state index contributed by atoms with van der Waals surface area (Å²) in [5.41, 5.74) is 1.94. The van der Waals surface area contributed by atoms with Gasteiger partial charge in [-0.05, 0) is 24.9 Å². The zero-order chi connectivity index (χ0) is 16.8. The topological polar surface area (TPSA) is 92.9 Å². The summed E-state index contributed by atoms with van der Waals surface area (Å²) < 4.78 is 0. The molecule has 0 saturated heterocycles. The van der Waals surface area contributed by atoms with Crippen LogP contribution in [-0.2, 0) is 4.79 Å². The van der Waals surface area contributed by atoms with E-state index in [2.05, 4.69) is 17.4 Å². The van der Waals surface area contributed by atoms with E-state index in [9.17, 15) is 9.70 Å². The minimum absolute atomic E-state index is 0. The summed E-state index contributed by atoms with van der Waals surface area (Å²) in [7, 11) is 0. The van der Waals surface area contributed by atoms with Gasteiger partial charge in [0.15, 0.2) is 0 Å². The molecule has 0 spiro atoms. The van der Waals surface area contributed by atoms with Crippen molar-refractivity contribution < 1.29 is 39.6 Å². The fraction of sp³-hybridized carbons (Fsp3) is 0.938. The number of rotatable bonds is 14. The second-order valence-electron chi connectivity index (χ2n) is 5.95. The molecule has 0 saturated carbocycles. The van der Waals surface area contributed by atoms with Crippen LogP contribution >= 0.6 is 0 Å². The fourth-order valence-corrected chi connectivity index (χ4v) is 2.35. The Hall–Kier alpha value is -0.0100. The molecular formula is C16H32N3NaO3. The Balaban J connectivity index is 0. The molecule has 7 heteroatoms. The second kappa shape index (κ2) is 16.8. The number of hydroxylamine groups is 1. The predicted octanol–water partition coefficient (Wildman–Crippen LogP) is 1.52. The average Bonchev–Trinajstić information content (AvgIpc) is 2.53. The molecule has 130 valence electrons. The summed E-state index contributed by atoms with van der Waals surface area (Å²) in [6.45, 7) is 5.97. The number of amides is 1. The van der Waals surface area contributed by atoms with Gasteiger partial charge in [0.2, 0.25) is 0 Å². The molecule has 0 radical (unpaired) electrons. The largest absolute Gasteiger partial charge is 1.00 e. The number of nitroso groups, excluding NO2 is 1. The van der Waals surface area contributed by atoms with Gasteiger partial charge in [-0.3, -0.25) is 0 Å². The molecule has 0 heterocycles. The van der Waals surface area contributed by atoms with E-state index in [0.717, 1.165) is 25.7 Å². The summed E-state index contributed by atoms with van der Waals surface area (Å²) in [6.07, 6.45) is 8.08. The first-order valence-corrected chi connectivity index (χ1v) is 8.56. The van der Waals surface area contributed by atoms with Crippen LogP contribution in [0.15, 0.2) is 5.18 Å². The standard InChI is InChI=1S/C16H33N3O3.Na/c1-4-6-7-8-9-10-11-12-14(20)17-16(19-22)15(18-21)13(3)5-2;/h13,15-16,19,22H,4-12H2,1-3H3,(H,17,20);/q;+1/p-1. The molecule has 0 aliphatic rings. The molecule has 0 bridgehead atoms. The van der Waals surface area contributed by atoms with Gasteiger partial charge < -0.3 is 15.3 Å². The van der Waals surface area contributed by atoms with Crippen molar-refractivity contribution in [1.29, 1.82) is 0 Å². The van der Waals surface area contributed by atoms with E-state index in [-0.39, 0.29) is 41.4 Å². The van der Waals surface area contributed by atoms with Gasteiger partial charge in [0.1, 0.15) is 0 Å². The van der Waals surface area contributed by atoms with E-state index in [4.69, 9.17) is 5.21 Å². The zero-order valence-electron chi connectivity index (χ0n) is 15.3. The molecule has 0 aromatic heterocycles. The number of carbonyl (C=O) groups is 1. The maximum absolute atomic E-state index is 11.8. The zero-order valence-corrected chi connectivity index (χ0v) is 17.3. The molecule has 0 fully saturated rings. The Morgan fingerprint density at radius 2 is 1.70 bits per heavy atom. The van der Waals surface area contributed by atoms with Crippen LogP contribution in [0.25, 0.3) is 5.32 Å². The summed E-state index contributed by atoms with van der Waals surface area (Å²) in [6, 6.07) is -0.729. The fourth-order valence-electron chi connectivity index (χ4n) is 2.35. The van der Waals surface area contributed by atoms with Crippen molar-refractivity contribution in [3.05, 3.63) is 10.2 Å². The minimum Gasteiger partial charge on any atom is -0.635 e. The van der Waals surface area contributed by atoms with Gasteiger partial charge in [0, 0.05) is 0 Å². The number of nitrogens with zero attached hydrogens (tertiary/aromatic N) is 2. The van der Waals surface area contributed by atoms with Crippen molar-refractivity contribution in [3.63, 3.8) is 0 Å². The van der Waals surface area contributed by atoms with Crippen LogP contribution in [-0.4, -0.2) is 23.3 Å².